The molecule has 1 aliphatic heterocycles. The number of carbonyl (C=O) groups is 2. The maximum Gasteiger partial charge on any atom is 0.327 e. The number of carbonyl (C=O) groups excluding carboxylic acids is 1. The molecule has 14 heavy (non-hydrogen) atoms. The summed E-state index contributed by atoms with van der Waals surface area (Å²) in [7, 11) is 1.62. The number of aromatic nitrogens is 2. The number of nitrogens with zero attached hydrogens (tertiary/aromatic N) is 2. The van der Waals surface area contributed by atoms with Gasteiger partial charge < -0.3 is 5.11 Å². The van der Waals surface area contributed by atoms with E-state index in [1.807, 2.05) is 0 Å². The van der Waals surface area contributed by atoms with Gasteiger partial charge in [-0.15, -0.1) is 0 Å². The van der Waals surface area contributed by atoms with Crippen LogP contribution in [0.3, 0.4) is 0 Å². The largest absolute Gasteiger partial charge is 0.480 e. The topological polar surface area (TPSA) is 84.2 Å². The molecule has 0 bridgehead atoms. The van der Waals surface area contributed by atoms with Crippen LogP contribution in [0.1, 0.15) is 22.1 Å². The molecule has 0 aliphatic carbocycles. The molecule has 0 fully saturated rings. The minimum Gasteiger partial charge on any atom is -0.480 e. The second-order valence-electron chi connectivity index (χ2n) is 3.14. The Morgan fingerprint density at radius 3 is 3.14 bits per heavy atom. The molecule has 74 valence electrons. The first-order valence-corrected chi connectivity index (χ1v) is 4.12. The van der Waals surface area contributed by atoms with Gasteiger partial charge in [-0.25, -0.2) is 0 Å². The normalized spacial score (nSPS) is 20.6. The summed E-state index contributed by atoms with van der Waals surface area (Å²) in [6.07, 6.45) is 1.41. The molecular formula is C8H9N3O3. The zero-order valence-corrected chi connectivity index (χ0v) is 7.52. The van der Waals surface area contributed by atoms with E-state index in [4.69, 9.17) is 5.11 Å². The van der Waals surface area contributed by atoms with Crippen LogP contribution < -0.4 is 5.32 Å². The molecule has 0 radical (unpaired) electrons. The number of carboxylic acid groups (broad SMARTS) is 1. The Hall–Kier alpha value is -1.69. The van der Waals surface area contributed by atoms with Crippen molar-refractivity contribution >= 4 is 11.8 Å². The summed E-state index contributed by atoms with van der Waals surface area (Å²) in [5.74, 6) is -1.12. The third kappa shape index (κ3) is 1.12. The summed E-state index contributed by atoms with van der Waals surface area (Å²) in [5.41, 5.74) is 0.826. The fourth-order valence-corrected chi connectivity index (χ4v) is 1.60. The number of carboxylic acids is 1. The van der Waals surface area contributed by atoms with Crippen LogP contribution >= 0.6 is 0 Å². The van der Waals surface area contributed by atoms with E-state index in [1.165, 1.54) is 10.9 Å². The van der Waals surface area contributed by atoms with Crippen LogP contribution in [0.5, 0.6) is 0 Å². The van der Waals surface area contributed by atoms with E-state index in [2.05, 4.69) is 10.4 Å². The highest BCUT2D eigenvalue weighted by molar-refractivity contribution is 6.01. The van der Waals surface area contributed by atoms with Gasteiger partial charge >= 0.3 is 5.97 Å². The molecule has 0 saturated heterocycles. The molecule has 1 aliphatic rings. The van der Waals surface area contributed by atoms with Gasteiger partial charge in [-0.1, -0.05) is 0 Å². The molecule has 2 N–H and O–H groups in total. The average molecular weight is 195 g/mol. The van der Waals surface area contributed by atoms with Crippen molar-refractivity contribution in [2.75, 3.05) is 6.54 Å². The van der Waals surface area contributed by atoms with Crippen LogP contribution in [0.4, 0.5) is 0 Å². The number of fused-ring (bicyclic) bond motifs is 1. The van der Waals surface area contributed by atoms with E-state index >= 15 is 0 Å². The van der Waals surface area contributed by atoms with Crippen LogP contribution in [0, 0.1) is 0 Å². The Balaban J connectivity index is 2.55. The lowest BCUT2D eigenvalue weighted by atomic mass is 10.0. The fourth-order valence-electron chi connectivity index (χ4n) is 1.60. The third-order valence-electron chi connectivity index (χ3n) is 2.27. The van der Waals surface area contributed by atoms with E-state index in [0.29, 0.717) is 11.3 Å². The lowest BCUT2D eigenvalue weighted by molar-refractivity contribution is -0.139. The molecular weight excluding hydrogens is 186 g/mol. The average Bonchev–Trinajstić information content (AvgIpc) is 2.50. The number of ketones is 1. The molecule has 1 aromatic heterocycles. The summed E-state index contributed by atoms with van der Waals surface area (Å²) in [6.45, 7) is 0.0512. The van der Waals surface area contributed by atoms with Crippen molar-refractivity contribution in [3.63, 3.8) is 0 Å². The van der Waals surface area contributed by atoms with E-state index in [0.717, 1.165) is 0 Å². The van der Waals surface area contributed by atoms with Gasteiger partial charge in [0.2, 0.25) is 0 Å². The SMILES string of the molecule is Cn1ncc2c1C(C(=O)O)NCC2=O. The summed E-state index contributed by atoms with van der Waals surface area (Å²) in [5, 5.41) is 15.4. The number of hydrogen-bond acceptors (Lipinski definition) is 4. The highest BCUT2D eigenvalue weighted by Crippen LogP contribution is 2.21. The van der Waals surface area contributed by atoms with Gasteiger partial charge in [0.05, 0.1) is 24.0 Å². The smallest absolute Gasteiger partial charge is 0.327 e. The molecule has 0 amide bonds. The van der Waals surface area contributed by atoms with Gasteiger partial charge in [-0.2, -0.15) is 5.10 Å². The van der Waals surface area contributed by atoms with Crippen molar-refractivity contribution in [3.8, 4) is 0 Å². The second-order valence-corrected chi connectivity index (χ2v) is 3.14. The Labute approximate surface area is 79.5 Å². The lowest BCUT2D eigenvalue weighted by Crippen LogP contribution is -2.39. The first-order valence-electron chi connectivity index (χ1n) is 4.12. The molecule has 1 unspecified atom stereocenters. The van der Waals surface area contributed by atoms with Crippen molar-refractivity contribution < 1.29 is 14.7 Å². The maximum atomic E-state index is 11.4. The predicted octanol–water partition coefficient (Wildman–Crippen LogP) is -0.668. The van der Waals surface area contributed by atoms with E-state index in [9.17, 15) is 9.59 Å². The molecule has 6 nitrogen and oxygen atoms in total. The summed E-state index contributed by atoms with van der Waals surface area (Å²) < 4.78 is 1.41. The quantitative estimate of drug-likeness (QED) is 0.621. The van der Waals surface area contributed by atoms with Crippen molar-refractivity contribution in [2.24, 2.45) is 7.05 Å². The van der Waals surface area contributed by atoms with Gasteiger partial charge in [0.15, 0.2) is 5.78 Å². The summed E-state index contributed by atoms with van der Waals surface area (Å²) >= 11 is 0. The molecule has 1 atom stereocenters. The van der Waals surface area contributed by atoms with Crippen molar-refractivity contribution in [1.82, 2.24) is 15.1 Å². The number of nitrogens with one attached hydrogen (secondary N) is 1. The Morgan fingerprint density at radius 2 is 2.50 bits per heavy atom. The molecule has 0 saturated carbocycles. The Kier molecular flexibility index (Phi) is 1.85. The minimum atomic E-state index is -0.998. The molecule has 2 heterocycles. The van der Waals surface area contributed by atoms with Gasteiger partial charge in [-0.3, -0.25) is 19.6 Å². The predicted molar refractivity (Wildman–Crippen MR) is 45.9 cm³/mol. The standard InChI is InChI=1S/C8H9N3O3/c1-11-7-4(2-10-11)5(12)3-9-6(7)8(13)14/h2,6,9H,3H2,1H3,(H,13,14). The number of aliphatic carboxylic acids is 1. The highest BCUT2D eigenvalue weighted by atomic mass is 16.4. The van der Waals surface area contributed by atoms with E-state index < -0.39 is 12.0 Å². The summed E-state index contributed by atoms with van der Waals surface area (Å²) in [6, 6.07) is -0.838. The second kappa shape index (κ2) is 2.91. The van der Waals surface area contributed by atoms with E-state index in [1.54, 1.807) is 7.05 Å². The number of hydrogen-bond donors (Lipinski definition) is 2. The lowest BCUT2D eigenvalue weighted by Gasteiger charge is -2.20. The minimum absolute atomic E-state index is 0.0512. The molecule has 0 aromatic carbocycles. The zero-order valence-electron chi connectivity index (χ0n) is 7.52. The molecule has 1 aromatic rings. The van der Waals surface area contributed by atoms with Crippen molar-refractivity contribution in [2.45, 2.75) is 6.04 Å². The first kappa shape index (κ1) is 8.89. The van der Waals surface area contributed by atoms with Crippen LogP contribution in [0.25, 0.3) is 0 Å². The monoisotopic (exact) mass is 195 g/mol. The van der Waals surface area contributed by atoms with Gasteiger partial charge in [0, 0.05) is 7.05 Å². The maximum absolute atomic E-state index is 11.4. The van der Waals surface area contributed by atoms with Crippen molar-refractivity contribution in [1.29, 1.82) is 0 Å². The Bertz CT molecular complexity index is 410. The van der Waals surface area contributed by atoms with Crippen LogP contribution in [0.2, 0.25) is 0 Å². The van der Waals surface area contributed by atoms with Gasteiger partial charge in [-0.05, 0) is 0 Å². The molecule has 2 rings (SSSR count). The molecule has 0 spiro atoms. The van der Waals surface area contributed by atoms with Gasteiger partial charge in [0.25, 0.3) is 0 Å². The zero-order chi connectivity index (χ0) is 10.3. The van der Waals surface area contributed by atoms with Gasteiger partial charge in [0.1, 0.15) is 6.04 Å². The molecule has 6 heteroatoms. The number of rotatable bonds is 1. The van der Waals surface area contributed by atoms with Crippen LogP contribution in [0.15, 0.2) is 6.20 Å². The fraction of sp³-hybridized carbons (Fsp3) is 0.375. The van der Waals surface area contributed by atoms with Crippen LogP contribution in [-0.4, -0.2) is 33.2 Å². The van der Waals surface area contributed by atoms with Crippen molar-refractivity contribution in [3.05, 3.63) is 17.5 Å². The number of aryl methyl sites for hydroxylation is 1. The summed E-state index contributed by atoms with van der Waals surface area (Å²) in [4.78, 5) is 22.2. The Morgan fingerprint density at radius 1 is 1.79 bits per heavy atom. The first-order chi connectivity index (χ1) is 6.61. The highest BCUT2D eigenvalue weighted by Gasteiger charge is 2.33. The van der Waals surface area contributed by atoms with E-state index in [-0.39, 0.29) is 12.3 Å². The third-order valence-corrected chi connectivity index (χ3v) is 2.27. The van der Waals surface area contributed by atoms with Crippen LogP contribution in [-0.2, 0) is 11.8 Å². The number of Topliss-reactive ketones (excluding diaryl/α,β-unsaturated/α-hetero) is 1.